The fourth-order valence-electron chi connectivity index (χ4n) is 4.29. The molecule has 0 spiro atoms. The van der Waals surface area contributed by atoms with Crippen molar-refractivity contribution in [3.8, 4) is 5.75 Å². The average molecular weight is 470 g/mol. The summed E-state index contributed by atoms with van der Waals surface area (Å²) in [6.07, 6.45) is 1.71. The summed E-state index contributed by atoms with van der Waals surface area (Å²) in [5.74, 6) is -0.801. The smallest absolute Gasteiger partial charge is 0.257 e. The van der Waals surface area contributed by atoms with Crippen LogP contribution in [0.4, 0.5) is 5.69 Å². The first-order valence-corrected chi connectivity index (χ1v) is 11.3. The van der Waals surface area contributed by atoms with Gasteiger partial charge in [-0.2, -0.15) is 0 Å². The van der Waals surface area contributed by atoms with E-state index in [1.807, 2.05) is 13.0 Å². The van der Waals surface area contributed by atoms with Crippen LogP contribution in [-0.2, 0) is 14.3 Å². The van der Waals surface area contributed by atoms with Gasteiger partial charge in [0.05, 0.1) is 36.8 Å². The number of ketones is 2. The predicted octanol–water partition coefficient (Wildman–Crippen LogP) is 2.48. The van der Waals surface area contributed by atoms with Crippen LogP contribution in [0.15, 0.2) is 34.9 Å². The first-order chi connectivity index (χ1) is 16.0. The van der Waals surface area contributed by atoms with E-state index in [9.17, 15) is 19.5 Å². The van der Waals surface area contributed by atoms with E-state index in [-0.39, 0.29) is 40.3 Å². The maximum absolute atomic E-state index is 12.6. The molecule has 2 aliphatic rings. The summed E-state index contributed by atoms with van der Waals surface area (Å²) >= 11 is 0. The Morgan fingerprint density at radius 3 is 2.41 bits per heavy atom. The van der Waals surface area contributed by atoms with Crippen molar-refractivity contribution < 1.29 is 28.6 Å². The minimum Gasteiger partial charge on any atom is -0.505 e. The molecule has 0 radical (unpaired) electrons. The minimum atomic E-state index is -0.894. The number of carbonyl (C=O) groups is 3. The normalized spacial score (nSPS) is 22.2. The molecule has 2 aromatic rings. The molecule has 1 amide bonds. The van der Waals surface area contributed by atoms with Crippen molar-refractivity contribution >= 4 is 23.2 Å². The van der Waals surface area contributed by atoms with Crippen LogP contribution in [0.3, 0.4) is 0 Å². The third kappa shape index (κ3) is 4.10. The number of hydrogen-bond acceptors (Lipinski definition) is 8. The summed E-state index contributed by atoms with van der Waals surface area (Å²) in [6, 6.07) is 4.58. The first-order valence-electron chi connectivity index (χ1n) is 11.3. The zero-order chi connectivity index (χ0) is 24.8. The quantitative estimate of drug-likeness (QED) is 0.398. The number of aromatic hydroxyl groups is 1. The van der Waals surface area contributed by atoms with Crippen LogP contribution in [0.2, 0.25) is 0 Å². The lowest BCUT2D eigenvalue weighted by molar-refractivity contribution is -0.150. The molecule has 4 rings (SSSR count). The van der Waals surface area contributed by atoms with Crippen molar-refractivity contribution in [3.05, 3.63) is 47.4 Å². The lowest BCUT2D eigenvalue weighted by Gasteiger charge is -2.47. The Hall–Kier alpha value is -3.17. The van der Waals surface area contributed by atoms with Crippen molar-refractivity contribution in [2.24, 2.45) is 5.41 Å². The molecule has 1 aromatic carbocycles. The predicted molar refractivity (Wildman–Crippen MR) is 125 cm³/mol. The summed E-state index contributed by atoms with van der Waals surface area (Å²) in [5.41, 5.74) is 1.05. The number of phenols is 1. The molecule has 9 nitrogen and oxygen atoms in total. The minimum absolute atomic E-state index is 0.103. The highest BCUT2D eigenvalue weighted by Gasteiger charge is 2.53. The van der Waals surface area contributed by atoms with Crippen LogP contribution in [0.5, 0.6) is 5.75 Å². The maximum Gasteiger partial charge on any atom is 0.257 e. The van der Waals surface area contributed by atoms with Crippen LogP contribution in [0.25, 0.3) is 0 Å². The van der Waals surface area contributed by atoms with Crippen molar-refractivity contribution in [1.82, 2.24) is 10.2 Å². The lowest BCUT2D eigenvalue weighted by atomic mass is 9.75. The number of phenolic OH excluding ortho intramolecular Hbond substituents is 1. The van der Waals surface area contributed by atoms with Gasteiger partial charge in [0, 0.05) is 19.5 Å². The van der Waals surface area contributed by atoms with Crippen molar-refractivity contribution in [2.75, 3.05) is 32.6 Å². The average Bonchev–Trinajstić information content (AvgIpc) is 3.27. The number of carbonyl (C=O) groups excluding carboxylic acids is 3. The molecule has 2 heterocycles. The highest BCUT2D eigenvalue weighted by atomic mass is 16.5. The van der Waals surface area contributed by atoms with Crippen LogP contribution in [-0.4, -0.2) is 66.9 Å². The zero-order valence-corrected chi connectivity index (χ0v) is 20.0. The molecule has 9 heteroatoms. The van der Waals surface area contributed by atoms with Gasteiger partial charge >= 0.3 is 0 Å². The largest absolute Gasteiger partial charge is 0.505 e. The van der Waals surface area contributed by atoms with Gasteiger partial charge in [0.15, 0.2) is 5.75 Å². The van der Waals surface area contributed by atoms with E-state index >= 15 is 0 Å². The van der Waals surface area contributed by atoms with E-state index in [4.69, 9.17) is 9.15 Å². The Balaban J connectivity index is 1.58. The van der Waals surface area contributed by atoms with Gasteiger partial charge in [-0.1, -0.05) is 26.8 Å². The molecule has 2 fully saturated rings. The van der Waals surface area contributed by atoms with Crippen LogP contribution < -0.4 is 10.6 Å². The van der Waals surface area contributed by atoms with Gasteiger partial charge in [-0.05, 0) is 29.7 Å². The number of rotatable bonds is 8. The second-order valence-corrected chi connectivity index (χ2v) is 9.91. The van der Waals surface area contributed by atoms with Gasteiger partial charge in [-0.15, -0.1) is 0 Å². The van der Waals surface area contributed by atoms with Crippen molar-refractivity contribution in [2.45, 2.75) is 44.8 Å². The molecular formula is C25H31N3O6. The van der Waals surface area contributed by atoms with Gasteiger partial charge in [0.2, 0.25) is 11.6 Å². The molecular weight excluding hydrogens is 438 g/mol. The fourth-order valence-corrected chi connectivity index (χ4v) is 4.29. The Bertz CT molecular complexity index is 1120. The summed E-state index contributed by atoms with van der Waals surface area (Å²) < 4.78 is 11.3. The molecule has 1 aliphatic heterocycles. The molecule has 0 bridgehead atoms. The van der Waals surface area contributed by atoms with Gasteiger partial charge in [-0.3, -0.25) is 19.7 Å². The molecule has 3 atom stereocenters. The topological polar surface area (TPSA) is 121 Å². The van der Waals surface area contributed by atoms with Crippen LogP contribution in [0.1, 0.15) is 54.4 Å². The van der Waals surface area contributed by atoms with Crippen LogP contribution >= 0.6 is 0 Å². The highest BCUT2D eigenvalue weighted by Crippen LogP contribution is 2.42. The monoisotopic (exact) mass is 469 g/mol. The number of nitrogens with one attached hydrogen (secondary N) is 2. The number of amides is 1. The standard InChI is InChI=1S/C25H31N3O6/c1-13(2)14-9-17(34-10-14)23(25(3)11-33-12-25)27-19-18(21(30)22(19)31)26-16-8-6-7-15(20(16)29)24(32)28(4)5/h6-10,13,18-19,23,26-27,29H,11-12H2,1-5H3. The maximum atomic E-state index is 12.6. The molecule has 3 N–H and O–H groups in total. The van der Waals surface area contributed by atoms with Gasteiger partial charge in [0.25, 0.3) is 5.91 Å². The number of Topliss-reactive ketones (excluding diaryl/α,β-unsaturated/α-hetero) is 2. The SMILES string of the molecule is CC(C)c1coc(C(NC2C(=O)C(=O)C2Nc2cccc(C(=O)N(C)C)c2O)C2(C)COC2)c1. The Morgan fingerprint density at radius 2 is 1.85 bits per heavy atom. The summed E-state index contributed by atoms with van der Waals surface area (Å²) in [7, 11) is 3.17. The molecule has 1 aromatic heterocycles. The van der Waals surface area contributed by atoms with Crippen molar-refractivity contribution in [3.63, 3.8) is 0 Å². The van der Waals surface area contributed by atoms with Crippen LogP contribution in [0, 0.1) is 5.41 Å². The van der Waals surface area contributed by atoms with E-state index < -0.39 is 23.7 Å². The Morgan fingerprint density at radius 1 is 1.18 bits per heavy atom. The number of hydrogen-bond donors (Lipinski definition) is 3. The highest BCUT2D eigenvalue weighted by molar-refractivity contribution is 6.49. The Labute approximate surface area is 198 Å². The second-order valence-electron chi connectivity index (χ2n) is 9.91. The van der Waals surface area contributed by atoms with E-state index in [0.717, 1.165) is 5.56 Å². The first kappa shape index (κ1) is 24.0. The molecule has 182 valence electrons. The van der Waals surface area contributed by atoms with Gasteiger partial charge in [-0.25, -0.2) is 0 Å². The third-order valence-electron chi connectivity index (χ3n) is 6.62. The summed E-state index contributed by atoms with van der Waals surface area (Å²) in [5, 5.41) is 16.9. The summed E-state index contributed by atoms with van der Waals surface area (Å²) in [4.78, 5) is 38.8. The number of benzene rings is 1. The fraction of sp³-hybridized carbons (Fsp3) is 0.480. The molecule has 1 saturated carbocycles. The number of nitrogens with zero attached hydrogens (tertiary/aromatic N) is 1. The van der Waals surface area contributed by atoms with Crippen molar-refractivity contribution in [1.29, 1.82) is 0 Å². The number of para-hydroxylation sites is 1. The van der Waals surface area contributed by atoms with E-state index in [2.05, 4.69) is 24.5 Å². The number of anilines is 1. The molecule has 34 heavy (non-hydrogen) atoms. The second kappa shape index (κ2) is 8.88. The summed E-state index contributed by atoms with van der Waals surface area (Å²) in [6.45, 7) is 7.17. The number of furan rings is 1. The number of ether oxygens (including phenoxy) is 1. The van der Waals surface area contributed by atoms with E-state index in [1.54, 1.807) is 32.5 Å². The molecule has 1 aliphatic carbocycles. The molecule has 1 saturated heterocycles. The lowest BCUT2D eigenvalue weighted by Crippen LogP contribution is -2.69. The van der Waals surface area contributed by atoms with E-state index in [0.29, 0.717) is 19.0 Å². The van der Waals surface area contributed by atoms with E-state index in [1.165, 1.54) is 11.0 Å². The zero-order valence-electron chi connectivity index (χ0n) is 20.0. The Kier molecular flexibility index (Phi) is 6.26. The van der Waals surface area contributed by atoms with Gasteiger partial charge < -0.3 is 24.5 Å². The third-order valence-corrected chi connectivity index (χ3v) is 6.62. The van der Waals surface area contributed by atoms with Gasteiger partial charge in [0.1, 0.15) is 17.8 Å². The molecule has 3 unspecified atom stereocenters.